The lowest BCUT2D eigenvalue weighted by Gasteiger charge is -2.31. The van der Waals surface area contributed by atoms with Gasteiger partial charge in [-0.3, -0.25) is 4.90 Å². The normalized spacial score (nSPS) is 28.3. The summed E-state index contributed by atoms with van der Waals surface area (Å²) < 4.78 is 9.73. The van der Waals surface area contributed by atoms with Gasteiger partial charge in [0.25, 0.3) is 0 Å². The number of carboxylic acid groups (broad SMARTS) is 1. The Bertz CT molecular complexity index is 417. The Hall–Kier alpha value is -1.98. The van der Waals surface area contributed by atoms with Crippen LogP contribution in [0.1, 0.15) is 13.3 Å². The van der Waals surface area contributed by atoms with E-state index in [0.29, 0.717) is 6.42 Å². The number of rotatable bonds is 4. The summed E-state index contributed by atoms with van der Waals surface area (Å²) in [7, 11) is 2.73. The average molecular weight is 269 g/mol. The molecule has 2 atom stereocenters. The molecule has 0 saturated carbocycles. The zero-order valence-corrected chi connectivity index (χ0v) is 11.4. The van der Waals surface area contributed by atoms with Gasteiger partial charge >= 0.3 is 12.1 Å². The summed E-state index contributed by atoms with van der Waals surface area (Å²) in [6, 6.07) is -0.894. The molecule has 0 aliphatic carbocycles. The van der Waals surface area contributed by atoms with Gasteiger partial charge in [0.15, 0.2) is 0 Å². The lowest BCUT2D eigenvalue weighted by atomic mass is 9.76. The number of amides is 1. The van der Waals surface area contributed by atoms with Crippen molar-refractivity contribution < 1.29 is 24.2 Å². The summed E-state index contributed by atoms with van der Waals surface area (Å²) in [6.45, 7) is 5.60. The Morgan fingerprint density at radius 1 is 1.58 bits per heavy atom. The van der Waals surface area contributed by atoms with E-state index in [-0.39, 0.29) is 6.54 Å². The van der Waals surface area contributed by atoms with E-state index >= 15 is 0 Å². The van der Waals surface area contributed by atoms with Gasteiger partial charge in [0, 0.05) is 12.0 Å². The lowest BCUT2D eigenvalue weighted by Crippen LogP contribution is -2.47. The SMILES string of the molecule is C=CCC1(C)/C(=C\OC)CN(C(=O)O)C1C(=O)OC. The van der Waals surface area contributed by atoms with Crippen LogP contribution in [0.4, 0.5) is 4.79 Å². The van der Waals surface area contributed by atoms with Crippen LogP contribution in [0.25, 0.3) is 0 Å². The molecule has 1 aliphatic heterocycles. The van der Waals surface area contributed by atoms with E-state index in [4.69, 9.17) is 9.47 Å². The number of ether oxygens (including phenoxy) is 2. The molecule has 106 valence electrons. The smallest absolute Gasteiger partial charge is 0.408 e. The van der Waals surface area contributed by atoms with Crippen LogP contribution < -0.4 is 0 Å². The molecule has 19 heavy (non-hydrogen) atoms. The van der Waals surface area contributed by atoms with Crippen LogP contribution >= 0.6 is 0 Å². The molecule has 1 aliphatic rings. The number of carbonyl (C=O) groups excluding carboxylic acids is 1. The van der Waals surface area contributed by atoms with Crippen molar-refractivity contribution in [1.29, 1.82) is 0 Å². The second kappa shape index (κ2) is 5.77. The van der Waals surface area contributed by atoms with E-state index in [1.807, 2.05) is 6.92 Å². The molecule has 0 aromatic carbocycles. The molecule has 1 amide bonds. The predicted molar refractivity (Wildman–Crippen MR) is 68.5 cm³/mol. The summed E-state index contributed by atoms with van der Waals surface area (Å²) in [4.78, 5) is 24.3. The lowest BCUT2D eigenvalue weighted by molar-refractivity contribution is -0.148. The predicted octanol–water partition coefficient (Wildman–Crippen LogP) is 1.63. The Labute approximate surface area is 112 Å². The van der Waals surface area contributed by atoms with Gasteiger partial charge in [-0.05, 0) is 12.0 Å². The van der Waals surface area contributed by atoms with Crippen molar-refractivity contribution in [3.05, 3.63) is 24.5 Å². The van der Waals surface area contributed by atoms with Crippen molar-refractivity contribution in [3.63, 3.8) is 0 Å². The number of likely N-dealkylation sites (tertiary alicyclic amines) is 1. The number of carbonyl (C=O) groups is 2. The maximum Gasteiger partial charge on any atom is 0.408 e. The van der Waals surface area contributed by atoms with Crippen molar-refractivity contribution in [2.45, 2.75) is 19.4 Å². The van der Waals surface area contributed by atoms with E-state index < -0.39 is 23.5 Å². The van der Waals surface area contributed by atoms with Crippen molar-refractivity contribution >= 4 is 12.1 Å². The zero-order valence-electron chi connectivity index (χ0n) is 11.4. The van der Waals surface area contributed by atoms with Crippen molar-refractivity contribution in [2.24, 2.45) is 5.41 Å². The maximum absolute atomic E-state index is 11.9. The molecule has 1 fully saturated rings. The molecule has 1 saturated heterocycles. The van der Waals surface area contributed by atoms with Crippen molar-refractivity contribution in [2.75, 3.05) is 20.8 Å². The molecule has 0 spiro atoms. The maximum atomic E-state index is 11.9. The molecule has 6 nitrogen and oxygen atoms in total. The van der Waals surface area contributed by atoms with E-state index in [9.17, 15) is 14.7 Å². The molecule has 1 N–H and O–H groups in total. The van der Waals surface area contributed by atoms with Gasteiger partial charge in [-0.2, -0.15) is 0 Å². The number of hydrogen-bond donors (Lipinski definition) is 1. The van der Waals surface area contributed by atoms with Crippen molar-refractivity contribution in [3.8, 4) is 0 Å². The highest BCUT2D eigenvalue weighted by atomic mass is 16.5. The zero-order chi connectivity index (χ0) is 14.6. The van der Waals surface area contributed by atoms with Crippen LogP contribution in [0.3, 0.4) is 0 Å². The molecule has 0 aromatic rings. The number of hydrogen-bond acceptors (Lipinski definition) is 4. The average Bonchev–Trinajstić information content (AvgIpc) is 2.63. The fourth-order valence-corrected chi connectivity index (χ4v) is 2.51. The molecule has 6 heteroatoms. The van der Waals surface area contributed by atoms with E-state index in [2.05, 4.69) is 6.58 Å². The fraction of sp³-hybridized carbons (Fsp3) is 0.538. The second-order valence-corrected chi connectivity index (χ2v) is 4.63. The third-order valence-corrected chi connectivity index (χ3v) is 3.49. The molecule has 0 aromatic heterocycles. The van der Waals surface area contributed by atoms with Gasteiger partial charge in [-0.15, -0.1) is 6.58 Å². The molecule has 1 heterocycles. The Balaban J connectivity index is 3.30. The Kier molecular flexibility index (Phi) is 4.58. The molecule has 2 unspecified atom stereocenters. The monoisotopic (exact) mass is 269 g/mol. The first kappa shape index (κ1) is 15.1. The van der Waals surface area contributed by atoms with Gasteiger partial charge in [0.1, 0.15) is 6.04 Å². The largest absolute Gasteiger partial charge is 0.504 e. The second-order valence-electron chi connectivity index (χ2n) is 4.63. The third kappa shape index (κ3) is 2.57. The summed E-state index contributed by atoms with van der Waals surface area (Å²) >= 11 is 0. The quantitative estimate of drug-likeness (QED) is 0.477. The van der Waals surface area contributed by atoms with Crippen LogP contribution in [0.15, 0.2) is 24.5 Å². The summed E-state index contributed by atoms with van der Waals surface area (Å²) in [5.74, 6) is -0.578. The van der Waals surface area contributed by atoms with Crippen LogP contribution in [0.5, 0.6) is 0 Å². The molecule has 0 radical (unpaired) electrons. The Morgan fingerprint density at radius 2 is 2.21 bits per heavy atom. The third-order valence-electron chi connectivity index (χ3n) is 3.49. The van der Waals surface area contributed by atoms with E-state index in [1.54, 1.807) is 6.08 Å². The first-order valence-electron chi connectivity index (χ1n) is 5.83. The van der Waals surface area contributed by atoms with Crippen molar-refractivity contribution in [1.82, 2.24) is 4.90 Å². The summed E-state index contributed by atoms with van der Waals surface area (Å²) in [5.41, 5.74) is 0.0242. The number of allylic oxidation sites excluding steroid dienone is 1. The topological polar surface area (TPSA) is 76.1 Å². The van der Waals surface area contributed by atoms with Crippen LogP contribution in [0, 0.1) is 5.41 Å². The fourth-order valence-electron chi connectivity index (χ4n) is 2.51. The highest BCUT2D eigenvalue weighted by molar-refractivity contribution is 5.84. The summed E-state index contributed by atoms with van der Waals surface area (Å²) in [5, 5.41) is 9.24. The molecule has 1 rings (SSSR count). The number of nitrogens with zero attached hydrogens (tertiary/aromatic N) is 1. The summed E-state index contributed by atoms with van der Waals surface area (Å²) in [6.07, 6.45) is 2.43. The van der Waals surface area contributed by atoms with Gasteiger partial charge in [0.2, 0.25) is 0 Å². The highest BCUT2D eigenvalue weighted by Gasteiger charge is 2.53. The first-order chi connectivity index (χ1) is 8.92. The first-order valence-corrected chi connectivity index (χ1v) is 5.83. The molecular weight excluding hydrogens is 250 g/mol. The Morgan fingerprint density at radius 3 is 2.63 bits per heavy atom. The van der Waals surface area contributed by atoms with E-state index in [0.717, 1.165) is 10.5 Å². The van der Waals surface area contributed by atoms with Gasteiger partial charge < -0.3 is 14.6 Å². The van der Waals surface area contributed by atoms with Crippen LogP contribution in [-0.4, -0.2) is 48.9 Å². The van der Waals surface area contributed by atoms with Crippen LogP contribution in [0.2, 0.25) is 0 Å². The minimum absolute atomic E-state index is 0.118. The number of esters is 1. The number of methoxy groups -OCH3 is 2. The minimum Gasteiger partial charge on any atom is -0.504 e. The van der Waals surface area contributed by atoms with E-state index in [1.165, 1.54) is 20.5 Å². The minimum atomic E-state index is -1.16. The van der Waals surface area contributed by atoms with Gasteiger partial charge in [-0.1, -0.05) is 13.0 Å². The van der Waals surface area contributed by atoms with Crippen LogP contribution in [-0.2, 0) is 14.3 Å². The highest BCUT2D eigenvalue weighted by Crippen LogP contribution is 2.44. The van der Waals surface area contributed by atoms with Gasteiger partial charge in [-0.25, -0.2) is 9.59 Å². The molecule has 0 bridgehead atoms. The standard InChI is InChI=1S/C13H19NO5/c1-5-6-13(2)9(8-18-3)7-14(12(16)17)10(13)11(15)19-4/h5,8,10H,1,6-7H2,2-4H3,(H,16,17)/b9-8-. The molecular formula is C13H19NO5. The van der Waals surface area contributed by atoms with Gasteiger partial charge in [0.05, 0.1) is 20.5 Å².